The number of carbonyl (C=O) groups excluding carboxylic acids is 2. The molecule has 0 aliphatic heterocycles. The van der Waals surface area contributed by atoms with E-state index in [1.807, 2.05) is 0 Å². The molecule has 0 saturated carbocycles. The van der Waals surface area contributed by atoms with Gasteiger partial charge in [-0.05, 0) is 71.5 Å². The summed E-state index contributed by atoms with van der Waals surface area (Å²) in [6.07, 6.45) is 46.7. The lowest BCUT2D eigenvalue weighted by molar-refractivity contribution is -0.145. The van der Waals surface area contributed by atoms with E-state index in [0.717, 1.165) is 51.6 Å². The van der Waals surface area contributed by atoms with E-state index in [-0.39, 0.29) is 5.97 Å². The van der Waals surface area contributed by atoms with Gasteiger partial charge in [-0.3, -0.25) is 9.59 Å². The van der Waals surface area contributed by atoms with Gasteiger partial charge in [0, 0.05) is 25.4 Å². The Kier molecular flexibility index (Phi) is 42.6. The Morgan fingerprint density at radius 2 is 0.768 bits per heavy atom. The summed E-state index contributed by atoms with van der Waals surface area (Å²) in [5, 5.41) is 0. The Morgan fingerprint density at radius 1 is 0.411 bits per heavy atom. The molecule has 0 saturated heterocycles. The fourth-order valence-electron chi connectivity index (χ4n) is 8.44. The molecule has 5 nitrogen and oxygen atoms in total. The van der Waals surface area contributed by atoms with Crippen LogP contribution in [0.5, 0.6) is 0 Å². The van der Waals surface area contributed by atoms with E-state index in [1.54, 1.807) is 0 Å². The number of ether oxygens (including phenoxy) is 1. The minimum atomic E-state index is 0.0251. The predicted octanol–water partition coefficient (Wildman–Crippen LogP) is 15.8. The van der Waals surface area contributed by atoms with Gasteiger partial charge in [0.25, 0.3) is 0 Å². The molecular formula is C51H102N2O3. The van der Waals surface area contributed by atoms with E-state index < -0.39 is 0 Å². The van der Waals surface area contributed by atoms with Gasteiger partial charge in [0.1, 0.15) is 0 Å². The third-order valence-electron chi connectivity index (χ3n) is 12.2. The molecule has 0 radical (unpaired) electrons. The van der Waals surface area contributed by atoms with Crippen LogP contribution in [0.4, 0.5) is 0 Å². The minimum absolute atomic E-state index is 0.0251. The molecule has 0 aromatic heterocycles. The number of hydrogen-bond donors (Lipinski definition) is 0. The van der Waals surface area contributed by atoms with E-state index >= 15 is 0 Å². The Balaban J connectivity index is 4.72. The van der Waals surface area contributed by atoms with Gasteiger partial charge in [0.2, 0.25) is 5.91 Å². The van der Waals surface area contributed by atoms with Crippen molar-refractivity contribution >= 4 is 11.9 Å². The Labute approximate surface area is 352 Å². The van der Waals surface area contributed by atoms with Gasteiger partial charge in [0.15, 0.2) is 0 Å². The van der Waals surface area contributed by atoms with Crippen molar-refractivity contribution in [3.05, 3.63) is 0 Å². The van der Waals surface area contributed by atoms with Crippen molar-refractivity contribution in [2.45, 2.75) is 278 Å². The summed E-state index contributed by atoms with van der Waals surface area (Å²) in [5.74, 6) is 0.990. The second-order valence-electron chi connectivity index (χ2n) is 18.1. The molecule has 0 aromatic carbocycles. The molecule has 2 unspecified atom stereocenters. The molecular weight excluding hydrogens is 689 g/mol. The average molecular weight is 791 g/mol. The molecule has 0 aromatic rings. The number of hydrogen-bond acceptors (Lipinski definition) is 4. The Hall–Kier alpha value is -1.10. The summed E-state index contributed by atoms with van der Waals surface area (Å²) in [6, 6.07) is 0.401. The molecule has 0 aliphatic rings. The summed E-state index contributed by atoms with van der Waals surface area (Å²) in [5.41, 5.74) is 0. The first-order chi connectivity index (χ1) is 27.4. The molecule has 0 fully saturated rings. The highest BCUT2D eigenvalue weighted by molar-refractivity contribution is 5.76. The zero-order valence-corrected chi connectivity index (χ0v) is 39.3. The maximum Gasteiger partial charge on any atom is 0.305 e. The van der Waals surface area contributed by atoms with Crippen molar-refractivity contribution in [3.8, 4) is 0 Å². The fraction of sp³-hybridized carbons (Fsp3) is 0.961. The number of unbranched alkanes of at least 4 members (excludes halogenated alkanes) is 26. The van der Waals surface area contributed by atoms with Gasteiger partial charge in [-0.2, -0.15) is 0 Å². The van der Waals surface area contributed by atoms with Gasteiger partial charge in [-0.1, -0.05) is 214 Å². The number of esters is 1. The summed E-state index contributed by atoms with van der Waals surface area (Å²) in [4.78, 5) is 31.0. The molecule has 0 heterocycles. The number of rotatable bonds is 45. The maximum absolute atomic E-state index is 13.7. The van der Waals surface area contributed by atoms with Crippen LogP contribution in [0.1, 0.15) is 272 Å². The van der Waals surface area contributed by atoms with Crippen molar-refractivity contribution in [3.63, 3.8) is 0 Å². The summed E-state index contributed by atoms with van der Waals surface area (Å²) in [6.45, 7) is 11.7. The Morgan fingerprint density at radius 3 is 1.18 bits per heavy atom. The molecule has 5 heteroatoms. The molecule has 0 N–H and O–H groups in total. The zero-order chi connectivity index (χ0) is 41.2. The van der Waals surface area contributed by atoms with E-state index in [0.29, 0.717) is 30.9 Å². The van der Waals surface area contributed by atoms with Crippen molar-refractivity contribution < 1.29 is 14.3 Å². The third-order valence-corrected chi connectivity index (χ3v) is 12.2. The molecule has 0 aliphatic carbocycles. The second kappa shape index (κ2) is 43.5. The van der Waals surface area contributed by atoms with Crippen LogP contribution in [0.3, 0.4) is 0 Å². The lowest BCUT2D eigenvalue weighted by Gasteiger charge is -2.33. The number of amides is 1. The highest BCUT2D eigenvalue weighted by atomic mass is 16.5. The van der Waals surface area contributed by atoms with Crippen LogP contribution in [0, 0.1) is 5.92 Å². The molecule has 0 bridgehead atoms. The summed E-state index contributed by atoms with van der Waals surface area (Å²) < 4.78 is 5.86. The van der Waals surface area contributed by atoms with Crippen molar-refractivity contribution in [2.24, 2.45) is 5.92 Å². The fourth-order valence-corrected chi connectivity index (χ4v) is 8.44. The maximum atomic E-state index is 13.7. The van der Waals surface area contributed by atoms with E-state index in [2.05, 4.69) is 51.6 Å². The predicted molar refractivity (Wildman–Crippen MR) is 247 cm³/mol. The van der Waals surface area contributed by atoms with Crippen LogP contribution in [0.2, 0.25) is 0 Å². The van der Waals surface area contributed by atoms with Crippen LogP contribution in [0.25, 0.3) is 0 Å². The van der Waals surface area contributed by atoms with Gasteiger partial charge in [0.05, 0.1) is 6.61 Å². The lowest BCUT2D eigenvalue weighted by atomic mass is 9.95. The highest BCUT2D eigenvalue weighted by Crippen LogP contribution is 2.23. The van der Waals surface area contributed by atoms with Crippen LogP contribution in [-0.4, -0.2) is 61.5 Å². The topological polar surface area (TPSA) is 49.9 Å². The molecule has 1 amide bonds. The first-order valence-corrected chi connectivity index (χ1v) is 25.5. The third kappa shape index (κ3) is 37.2. The van der Waals surface area contributed by atoms with Gasteiger partial charge in [-0.25, -0.2) is 0 Å². The van der Waals surface area contributed by atoms with Crippen LogP contribution in [0.15, 0.2) is 0 Å². The average Bonchev–Trinajstić information content (AvgIpc) is 3.18. The number of nitrogens with zero attached hydrogens (tertiary/aromatic N) is 2. The molecule has 56 heavy (non-hydrogen) atoms. The zero-order valence-electron chi connectivity index (χ0n) is 39.3. The van der Waals surface area contributed by atoms with Crippen molar-refractivity contribution in [1.82, 2.24) is 9.80 Å². The highest BCUT2D eigenvalue weighted by Gasteiger charge is 2.23. The smallest absolute Gasteiger partial charge is 0.305 e. The van der Waals surface area contributed by atoms with E-state index in [9.17, 15) is 9.59 Å². The molecule has 2 atom stereocenters. The largest absolute Gasteiger partial charge is 0.465 e. The quantitative estimate of drug-likeness (QED) is 0.0455. The standard InChI is InChI=1S/C51H102N2O3/c1-7-11-15-19-23-28-34-41-49(53(46-38-45-52(5)6)50(54)43-36-30-21-17-13-9-3)42-35-29-24-22-25-31-37-44-51(55)56-47-48(39-32-26-18-14-10-4)40-33-27-20-16-12-8-2/h48-49H,7-47H2,1-6H3. The normalized spacial score (nSPS) is 12.7. The van der Waals surface area contributed by atoms with E-state index in [4.69, 9.17) is 4.74 Å². The van der Waals surface area contributed by atoms with E-state index in [1.165, 1.54) is 199 Å². The molecule has 334 valence electrons. The van der Waals surface area contributed by atoms with Crippen molar-refractivity contribution in [1.29, 1.82) is 0 Å². The monoisotopic (exact) mass is 791 g/mol. The van der Waals surface area contributed by atoms with Crippen molar-refractivity contribution in [2.75, 3.05) is 33.8 Å². The molecule has 0 spiro atoms. The van der Waals surface area contributed by atoms with Gasteiger partial charge < -0.3 is 14.5 Å². The van der Waals surface area contributed by atoms with Gasteiger partial charge in [-0.15, -0.1) is 0 Å². The first kappa shape index (κ1) is 54.9. The number of carbonyl (C=O) groups is 2. The summed E-state index contributed by atoms with van der Waals surface area (Å²) in [7, 11) is 4.30. The first-order valence-electron chi connectivity index (χ1n) is 25.5. The van der Waals surface area contributed by atoms with Crippen LogP contribution >= 0.6 is 0 Å². The van der Waals surface area contributed by atoms with Crippen LogP contribution in [-0.2, 0) is 14.3 Å². The van der Waals surface area contributed by atoms with Crippen LogP contribution < -0.4 is 0 Å². The minimum Gasteiger partial charge on any atom is -0.465 e. The molecule has 0 rings (SSSR count). The summed E-state index contributed by atoms with van der Waals surface area (Å²) >= 11 is 0. The SMILES string of the molecule is CCCCCCCCCC(CCCCCCCCCC(=O)OCC(CCCCCCC)CCCCCCCC)N(CCCN(C)C)C(=O)CCCCCCCC. The Bertz CT molecular complexity index is 817. The lowest BCUT2D eigenvalue weighted by Crippen LogP contribution is -2.41. The second-order valence-corrected chi connectivity index (χ2v) is 18.1. The van der Waals surface area contributed by atoms with Gasteiger partial charge >= 0.3 is 5.97 Å².